The van der Waals surface area contributed by atoms with Crippen LogP contribution in [0.25, 0.3) is 0 Å². The summed E-state index contributed by atoms with van der Waals surface area (Å²) in [5, 5.41) is 3.18. The monoisotopic (exact) mass is 391 g/mol. The van der Waals surface area contributed by atoms with Gasteiger partial charge in [-0.15, -0.1) is 0 Å². The van der Waals surface area contributed by atoms with Crippen LogP contribution >= 0.6 is 0 Å². The molecule has 0 spiro atoms. The highest BCUT2D eigenvalue weighted by atomic mass is 19.4. The zero-order valence-electron chi connectivity index (χ0n) is 16.3. The van der Waals surface area contributed by atoms with Crippen molar-refractivity contribution in [2.45, 2.75) is 64.1 Å². The summed E-state index contributed by atoms with van der Waals surface area (Å²) in [4.78, 5) is 12.8. The van der Waals surface area contributed by atoms with E-state index in [4.69, 9.17) is 0 Å². The molecule has 2 aromatic carbocycles. The lowest BCUT2D eigenvalue weighted by atomic mass is 9.96. The number of hydrogen-bond donors (Lipinski definition) is 1. The molecule has 0 radical (unpaired) electrons. The first-order chi connectivity index (χ1) is 13.4. The lowest BCUT2D eigenvalue weighted by molar-refractivity contribution is -0.137. The van der Waals surface area contributed by atoms with Crippen LogP contribution in [0.2, 0.25) is 0 Å². The summed E-state index contributed by atoms with van der Waals surface area (Å²) in [7, 11) is 0. The average Bonchev–Trinajstić information content (AvgIpc) is 2.69. The van der Waals surface area contributed by atoms with Crippen LogP contribution in [0.1, 0.15) is 69.0 Å². The number of alkyl halides is 3. The van der Waals surface area contributed by atoms with Gasteiger partial charge in [-0.3, -0.25) is 4.79 Å². The molecule has 152 valence electrons. The smallest absolute Gasteiger partial charge is 0.372 e. The number of benzene rings is 2. The van der Waals surface area contributed by atoms with Crippen LogP contribution in [0.3, 0.4) is 0 Å². The Bertz CT molecular complexity index is 711. The predicted octanol–water partition coefficient (Wildman–Crippen LogP) is 7.18. The Morgan fingerprint density at radius 3 is 2.11 bits per heavy atom. The van der Waals surface area contributed by atoms with Gasteiger partial charge in [0, 0.05) is 12.1 Å². The molecule has 1 N–H and O–H groups in total. The normalized spacial score (nSPS) is 12.6. The largest absolute Gasteiger partial charge is 0.416 e. The third-order valence-electron chi connectivity index (χ3n) is 4.75. The Kier molecular flexibility index (Phi) is 8.55. The highest BCUT2D eigenvalue weighted by Gasteiger charge is 2.30. The first-order valence-corrected chi connectivity index (χ1v) is 9.93. The summed E-state index contributed by atoms with van der Waals surface area (Å²) in [6.07, 6.45) is 2.50. The molecule has 1 unspecified atom stereocenters. The first-order valence-electron chi connectivity index (χ1n) is 9.93. The standard InChI is InChI=1S/C23H28F3NO/c1-2-3-4-5-6-10-13-21(28)22(27-20-11-8-7-9-12-20)18-14-16-19(17-15-18)23(24,25)26/h7-9,11-12,14-17,22,27H,2-6,10,13H2,1H3. The van der Waals surface area contributed by atoms with E-state index in [2.05, 4.69) is 12.2 Å². The van der Waals surface area contributed by atoms with Gasteiger partial charge in [0.2, 0.25) is 0 Å². The maximum absolute atomic E-state index is 12.8. The molecule has 0 amide bonds. The Balaban J connectivity index is 2.07. The van der Waals surface area contributed by atoms with Gasteiger partial charge in [-0.25, -0.2) is 0 Å². The molecule has 0 fully saturated rings. The number of para-hydroxylation sites is 1. The molecule has 2 nitrogen and oxygen atoms in total. The minimum absolute atomic E-state index is 0.000830. The highest BCUT2D eigenvalue weighted by Crippen LogP contribution is 2.31. The van der Waals surface area contributed by atoms with E-state index in [0.717, 1.165) is 37.1 Å². The summed E-state index contributed by atoms with van der Waals surface area (Å²) >= 11 is 0. The molecule has 5 heteroatoms. The van der Waals surface area contributed by atoms with E-state index in [1.54, 1.807) is 0 Å². The second kappa shape index (κ2) is 10.9. The van der Waals surface area contributed by atoms with E-state index in [1.165, 1.54) is 31.4 Å². The van der Waals surface area contributed by atoms with E-state index in [1.807, 2.05) is 30.3 Å². The van der Waals surface area contributed by atoms with E-state index in [9.17, 15) is 18.0 Å². The number of hydrogen-bond acceptors (Lipinski definition) is 2. The molecule has 28 heavy (non-hydrogen) atoms. The SMILES string of the molecule is CCCCCCCCC(=O)C(Nc1ccccc1)c1ccc(C(F)(F)F)cc1. The quantitative estimate of drug-likeness (QED) is 0.411. The molecule has 2 rings (SSSR count). The van der Waals surface area contributed by atoms with Gasteiger partial charge >= 0.3 is 6.18 Å². The number of ketones is 1. The van der Waals surface area contributed by atoms with Gasteiger partial charge < -0.3 is 5.32 Å². The maximum Gasteiger partial charge on any atom is 0.416 e. The number of Topliss-reactive ketones (excluding diaryl/α,β-unsaturated/α-hetero) is 1. The molecular weight excluding hydrogens is 363 g/mol. The molecule has 2 aromatic rings. The van der Waals surface area contributed by atoms with Gasteiger partial charge in [0.1, 0.15) is 6.04 Å². The van der Waals surface area contributed by atoms with E-state index >= 15 is 0 Å². The topological polar surface area (TPSA) is 29.1 Å². The van der Waals surface area contributed by atoms with Crippen molar-refractivity contribution in [3.63, 3.8) is 0 Å². The number of carbonyl (C=O) groups is 1. The van der Waals surface area contributed by atoms with Crippen LogP contribution in [0.4, 0.5) is 18.9 Å². The molecule has 0 saturated carbocycles. The maximum atomic E-state index is 12.8. The van der Waals surface area contributed by atoms with Crippen LogP contribution in [0.15, 0.2) is 54.6 Å². The Hall–Kier alpha value is -2.30. The average molecular weight is 391 g/mol. The van der Waals surface area contributed by atoms with Gasteiger partial charge in [-0.2, -0.15) is 13.2 Å². The third-order valence-corrected chi connectivity index (χ3v) is 4.75. The molecule has 0 saturated heterocycles. The summed E-state index contributed by atoms with van der Waals surface area (Å²) < 4.78 is 38.5. The zero-order valence-corrected chi connectivity index (χ0v) is 16.3. The fourth-order valence-electron chi connectivity index (χ4n) is 3.14. The van der Waals surface area contributed by atoms with E-state index < -0.39 is 17.8 Å². The lowest BCUT2D eigenvalue weighted by Gasteiger charge is -2.20. The van der Waals surface area contributed by atoms with Crippen molar-refractivity contribution in [1.29, 1.82) is 0 Å². The molecule has 0 aliphatic carbocycles. The molecule has 0 aromatic heterocycles. The predicted molar refractivity (Wildman–Crippen MR) is 107 cm³/mol. The minimum atomic E-state index is -4.39. The number of carbonyl (C=O) groups excluding carboxylic acids is 1. The Morgan fingerprint density at radius 1 is 0.893 bits per heavy atom. The van der Waals surface area contributed by atoms with Gasteiger partial charge in [-0.05, 0) is 36.2 Å². The number of nitrogens with one attached hydrogen (secondary N) is 1. The molecule has 0 heterocycles. The van der Waals surface area contributed by atoms with Gasteiger partial charge in [0.05, 0.1) is 5.56 Å². The highest BCUT2D eigenvalue weighted by molar-refractivity contribution is 5.88. The first kappa shape index (κ1) is 22.0. The lowest BCUT2D eigenvalue weighted by Crippen LogP contribution is -2.21. The second-order valence-electron chi connectivity index (χ2n) is 7.05. The van der Waals surface area contributed by atoms with Crippen molar-refractivity contribution in [3.05, 3.63) is 65.7 Å². The van der Waals surface area contributed by atoms with Crippen molar-refractivity contribution in [2.24, 2.45) is 0 Å². The molecule has 1 atom stereocenters. The minimum Gasteiger partial charge on any atom is -0.372 e. The number of halogens is 3. The van der Waals surface area contributed by atoms with Crippen LogP contribution in [-0.4, -0.2) is 5.78 Å². The summed E-state index contributed by atoms with van der Waals surface area (Å²) in [5.41, 5.74) is 0.606. The Labute approximate surface area is 165 Å². The fraction of sp³-hybridized carbons (Fsp3) is 0.435. The molecule has 0 aliphatic rings. The van der Waals surface area contributed by atoms with E-state index in [0.29, 0.717) is 12.0 Å². The summed E-state index contributed by atoms with van der Waals surface area (Å²) in [6, 6.07) is 13.5. The van der Waals surface area contributed by atoms with Crippen molar-refractivity contribution >= 4 is 11.5 Å². The zero-order chi connectivity index (χ0) is 20.4. The molecular formula is C23H28F3NO. The molecule has 0 bridgehead atoms. The van der Waals surface area contributed by atoms with Crippen LogP contribution < -0.4 is 5.32 Å². The molecule has 0 aliphatic heterocycles. The van der Waals surface area contributed by atoms with Crippen molar-refractivity contribution in [1.82, 2.24) is 0 Å². The van der Waals surface area contributed by atoms with Gasteiger partial charge in [-0.1, -0.05) is 69.4 Å². The number of anilines is 1. The number of unbranched alkanes of at least 4 members (excludes halogenated alkanes) is 5. The number of rotatable bonds is 11. The fourth-order valence-corrected chi connectivity index (χ4v) is 3.14. The second-order valence-corrected chi connectivity index (χ2v) is 7.05. The summed E-state index contributed by atoms with van der Waals surface area (Å²) in [6.45, 7) is 2.16. The van der Waals surface area contributed by atoms with E-state index in [-0.39, 0.29) is 5.78 Å². The van der Waals surface area contributed by atoms with Crippen LogP contribution in [0.5, 0.6) is 0 Å². The van der Waals surface area contributed by atoms with Gasteiger partial charge in [0.15, 0.2) is 5.78 Å². The van der Waals surface area contributed by atoms with Crippen LogP contribution in [-0.2, 0) is 11.0 Å². The van der Waals surface area contributed by atoms with Crippen LogP contribution in [0, 0.1) is 0 Å². The third kappa shape index (κ3) is 7.02. The van der Waals surface area contributed by atoms with Crippen molar-refractivity contribution < 1.29 is 18.0 Å². The summed E-state index contributed by atoms with van der Waals surface area (Å²) in [5.74, 6) is -0.000830. The Morgan fingerprint density at radius 2 is 1.50 bits per heavy atom. The van der Waals surface area contributed by atoms with Crippen molar-refractivity contribution in [3.8, 4) is 0 Å². The van der Waals surface area contributed by atoms with Crippen molar-refractivity contribution in [2.75, 3.05) is 5.32 Å². The van der Waals surface area contributed by atoms with Gasteiger partial charge in [0.25, 0.3) is 0 Å².